The fraction of sp³-hybridized carbons (Fsp3) is 0.467. The lowest BCUT2D eigenvalue weighted by atomic mass is 9.87. The van der Waals surface area contributed by atoms with Gasteiger partial charge in [-0.1, -0.05) is 18.2 Å². The Kier molecular flexibility index (Phi) is 8.05. The molecule has 0 unspecified atom stereocenters. The van der Waals surface area contributed by atoms with E-state index in [-0.39, 0.29) is 46.6 Å². The van der Waals surface area contributed by atoms with E-state index >= 15 is 4.39 Å². The molecule has 10 heteroatoms. The third-order valence-electron chi connectivity index (χ3n) is 7.50. The van der Waals surface area contributed by atoms with Crippen molar-refractivity contribution in [3.63, 3.8) is 0 Å². The molecule has 1 saturated heterocycles. The maximum absolute atomic E-state index is 15.1. The van der Waals surface area contributed by atoms with Gasteiger partial charge in [0.25, 0.3) is 0 Å². The van der Waals surface area contributed by atoms with Crippen LogP contribution < -0.4 is 0 Å². The van der Waals surface area contributed by atoms with Crippen molar-refractivity contribution in [3.8, 4) is 23.3 Å². The molecule has 0 aromatic heterocycles. The fourth-order valence-corrected chi connectivity index (χ4v) is 6.61. The van der Waals surface area contributed by atoms with Gasteiger partial charge in [-0.05, 0) is 87.3 Å². The SMILES string of the molecule is CC(C)(C)OC(=O)N1[C@@H]2CC[C@@H](C2)[C@H]1C(=O)C[C@H](C#N)Cc1ccc(-c2ccc(S(C)(=O)=O)c(C#N)c2)cc1F. The predicted octanol–water partition coefficient (Wildman–Crippen LogP) is 5.20. The molecular formula is C30H32FN3O5S. The van der Waals surface area contributed by atoms with Gasteiger partial charge in [0.2, 0.25) is 0 Å². The number of fused-ring (bicyclic) bond motifs is 2. The molecule has 1 amide bonds. The van der Waals surface area contributed by atoms with Gasteiger partial charge >= 0.3 is 6.09 Å². The van der Waals surface area contributed by atoms with Crippen molar-refractivity contribution < 1.29 is 27.1 Å². The Bertz CT molecular complexity index is 1530. The van der Waals surface area contributed by atoms with Gasteiger partial charge in [-0.15, -0.1) is 0 Å². The van der Waals surface area contributed by atoms with Crippen LogP contribution in [0.4, 0.5) is 9.18 Å². The van der Waals surface area contributed by atoms with Crippen molar-refractivity contribution >= 4 is 21.7 Å². The van der Waals surface area contributed by atoms with E-state index in [4.69, 9.17) is 4.74 Å². The van der Waals surface area contributed by atoms with Crippen LogP contribution in [0.2, 0.25) is 0 Å². The molecule has 2 aliphatic rings. The molecule has 40 heavy (non-hydrogen) atoms. The molecule has 0 N–H and O–H groups in total. The molecule has 1 aliphatic heterocycles. The van der Waals surface area contributed by atoms with Crippen LogP contribution in [0.25, 0.3) is 11.1 Å². The number of benzene rings is 2. The highest BCUT2D eigenvalue weighted by Gasteiger charge is 2.52. The molecule has 1 aliphatic carbocycles. The summed E-state index contributed by atoms with van der Waals surface area (Å²) in [4.78, 5) is 27.7. The van der Waals surface area contributed by atoms with E-state index in [1.807, 2.05) is 6.07 Å². The number of piperidine rings is 1. The summed E-state index contributed by atoms with van der Waals surface area (Å²) in [6.07, 6.45) is 2.80. The first-order valence-corrected chi connectivity index (χ1v) is 15.1. The summed E-state index contributed by atoms with van der Waals surface area (Å²) < 4.78 is 44.5. The lowest BCUT2D eigenvalue weighted by molar-refractivity contribution is -0.126. The van der Waals surface area contributed by atoms with Crippen LogP contribution in [0, 0.1) is 40.3 Å². The summed E-state index contributed by atoms with van der Waals surface area (Å²) in [5.74, 6) is -1.54. The zero-order valence-corrected chi connectivity index (χ0v) is 23.8. The number of rotatable bonds is 7. The second-order valence-corrected chi connectivity index (χ2v) is 13.6. The van der Waals surface area contributed by atoms with Crippen LogP contribution in [-0.2, 0) is 25.8 Å². The van der Waals surface area contributed by atoms with E-state index < -0.39 is 39.3 Å². The van der Waals surface area contributed by atoms with Crippen molar-refractivity contribution in [2.24, 2.45) is 11.8 Å². The standard InChI is InChI=1S/C30H32FN3O5S/c1-30(2,3)39-29(36)34-24-9-7-22(14-24)28(34)26(35)12-18(16-32)11-21-6-5-20(15-25(21)31)19-8-10-27(40(4,37)38)23(13-19)17-33/h5-6,8,10,13,15,18,22,24,28H,7,9,11-12,14H2,1-4H3/t18-,22+,24-,28+/m1/s1. The van der Waals surface area contributed by atoms with Crippen LogP contribution in [0.1, 0.15) is 57.6 Å². The Labute approximate surface area is 234 Å². The third kappa shape index (κ3) is 6.18. The number of halogens is 1. The molecule has 0 radical (unpaired) electrons. The summed E-state index contributed by atoms with van der Waals surface area (Å²) in [7, 11) is -3.59. The topological polar surface area (TPSA) is 128 Å². The molecule has 8 nitrogen and oxygen atoms in total. The van der Waals surface area contributed by atoms with Gasteiger partial charge in [0.15, 0.2) is 15.6 Å². The minimum Gasteiger partial charge on any atom is -0.444 e. The molecule has 2 fully saturated rings. The molecule has 210 valence electrons. The zero-order chi connectivity index (χ0) is 29.4. The molecular weight excluding hydrogens is 533 g/mol. The first-order valence-electron chi connectivity index (χ1n) is 13.2. The molecule has 4 atom stereocenters. The Morgan fingerprint density at radius 1 is 1.12 bits per heavy atom. The fourth-order valence-electron chi connectivity index (χ4n) is 5.79. The summed E-state index contributed by atoms with van der Waals surface area (Å²) in [5.41, 5.74) is 0.441. The van der Waals surface area contributed by atoms with Gasteiger partial charge in [-0.3, -0.25) is 9.69 Å². The number of ketones is 1. The summed E-state index contributed by atoms with van der Waals surface area (Å²) in [6.45, 7) is 5.32. The number of hydrogen-bond acceptors (Lipinski definition) is 7. The van der Waals surface area contributed by atoms with E-state index in [0.717, 1.165) is 25.5 Å². The molecule has 4 rings (SSSR count). The molecule has 2 bridgehead atoms. The van der Waals surface area contributed by atoms with Crippen molar-refractivity contribution in [1.82, 2.24) is 4.90 Å². The number of carbonyl (C=O) groups excluding carboxylic acids is 2. The second-order valence-electron chi connectivity index (χ2n) is 11.7. The van der Waals surface area contributed by atoms with Crippen LogP contribution in [-0.4, -0.2) is 49.1 Å². The summed E-state index contributed by atoms with van der Waals surface area (Å²) >= 11 is 0. The number of carbonyl (C=O) groups is 2. The number of hydrogen-bond donors (Lipinski definition) is 0. The van der Waals surface area contributed by atoms with E-state index in [9.17, 15) is 28.5 Å². The highest BCUT2D eigenvalue weighted by molar-refractivity contribution is 7.90. The Hall–Kier alpha value is -3.76. The quantitative estimate of drug-likeness (QED) is 0.451. The first-order chi connectivity index (χ1) is 18.7. The number of ether oxygens (including phenoxy) is 1. The molecule has 1 heterocycles. The van der Waals surface area contributed by atoms with Gasteiger partial charge in [-0.2, -0.15) is 10.5 Å². The van der Waals surface area contributed by atoms with Crippen molar-refractivity contribution in [1.29, 1.82) is 10.5 Å². The molecule has 0 spiro atoms. The minimum atomic E-state index is -3.59. The lowest BCUT2D eigenvalue weighted by Gasteiger charge is -2.35. The molecule has 2 aromatic rings. The smallest absolute Gasteiger partial charge is 0.411 e. The van der Waals surface area contributed by atoms with Crippen LogP contribution >= 0.6 is 0 Å². The van der Waals surface area contributed by atoms with Gasteiger partial charge in [0.05, 0.1) is 28.5 Å². The first kappa shape index (κ1) is 29.2. The average Bonchev–Trinajstić information content (AvgIpc) is 3.49. The predicted molar refractivity (Wildman–Crippen MR) is 145 cm³/mol. The van der Waals surface area contributed by atoms with Crippen molar-refractivity contribution in [2.45, 2.75) is 75.5 Å². The van der Waals surface area contributed by atoms with Gasteiger partial charge in [0, 0.05) is 18.7 Å². The van der Waals surface area contributed by atoms with Gasteiger partial charge in [-0.25, -0.2) is 17.6 Å². The lowest BCUT2D eigenvalue weighted by Crippen LogP contribution is -2.51. The zero-order valence-electron chi connectivity index (χ0n) is 23.0. The molecule has 2 aromatic carbocycles. The number of nitrogens with zero attached hydrogens (tertiary/aromatic N) is 3. The minimum absolute atomic E-state index is 0.0120. The number of nitriles is 2. The highest BCUT2D eigenvalue weighted by atomic mass is 32.2. The van der Waals surface area contributed by atoms with E-state index in [1.165, 1.54) is 30.3 Å². The third-order valence-corrected chi connectivity index (χ3v) is 8.66. The Morgan fingerprint density at radius 2 is 1.80 bits per heavy atom. The normalized spacial score (nSPS) is 21.0. The maximum Gasteiger partial charge on any atom is 0.411 e. The number of amides is 1. The second kappa shape index (κ2) is 11.0. The largest absolute Gasteiger partial charge is 0.444 e. The van der Waals surface area contributed by atoms with Crippen LogP contribution in [0.3, 0.4) is 0 Å². The van der Waals surface area contributed by atoms with Gasteiger partial charge in [0.1, 0.15) is 17.5 Å². The average molecular weight is 566 g/mol. The summed E-state index contributed by atoms with van der Waals surface area (Å²) in [5, 5.41) is 19.2. The number of likely N-dealkylation sites (tertiary alicyclic amines) is 1. The van der Waals surface area contributed by atoms with Crippen molar-refractivity contribution in [2.75, 3.05) is 6.26 Å². The van der Waals surface area contributed by atoms with E-state index in [2.05, 4.69) is 6.07 Å². The maximum atomic E-state index is 15.1. The Balaban J connectivity index is 1.49. The van der Waals surface area contributed by atoms with E-state index in [1.54, 1.807) is 31.7 Å². The Morgan fingerprint density at radius 3 is 2.40 bits per heavy atom. The van der Waals surface area contributed by atoms with Crippen LogP contribution in [0.5, 0.6) is 0 Å². The summed E-state index contributed by atoms with van der Waals surface area (Å²) in [6, 6.07) is 12.0. The van der Waals surface area contributed by atoms with Crippen molar-refractivity contribution in [3.05, 3.63) is 53.3 Å². The number of Topliss-reactive ketones (excluding diaryl/α,β-unsaturated/α-hetero) is 1. The van der Waals surface area contributed by atoms with E-state index in [0.29, 0.717) is 11.1 Å². The number of sulfone groups is 1. The van der Waals surface area contributed by atoms with Gasteiger partial charge < -0.3 is 4.74 Å². The monoisotopic (exact) mass is 565 g/mol. The van der Waals surface area contributed by atoms with Crippen LogP contribution in [0.15, 0.2) is 41.3 Å². The molecule has 1 saturated carbocycles. The highest BCUT2D eigenvalue weighted by Crippen LogP contribution is 2.44.